The Morgan fingerprint density at radius 2 is 2.12 bits per heavy atom. The molecule has 2 N–H and O–H groups in total. The zero-order chi connectivity index (χ0) is 12.6. The van der Waals surface area contributed by atoms with Gasteiger partial charge < -0.3 is 5.11 Å². The van der Waals surface area contributed by atoms with Gasteiger partial charge in [-0.25, -0.2) is 0 Å². The Morgan fingerprint density at radius 1 is 1.41 bits per heavy atom. The maximum absolute atomic E-state index is 11.3. The standard InChI is InChI=1S/C10H5BrClNO3S/c11-6-3-5(12)1-4(8(6)14)2-7-9(15)13-10(16)17-7/h1-3,14H,(H,13,15,16). The highest BCUT2D eigenvalue weighted by atomic mass is 79.9. The van der Waals surface area contributed by atoms with Crippen molar-refractivity contribution in [1.82, 2.24) is 5.32 Å². The monoisotopic (exact) mass is 333 g/mol. The van der Waals surface area contributed by atoms with Gasteiger partial charge in [0.05, 0.1) is 9.38 Å². The van der Waals surface area contributed by atoms with Crippen LogP contribution in [0.4, 0.5) is 4.79 Å². The van der Waals surface area contributed by atoms with E-state index in [1.54, 1.807) is 0 Å². The second-order valence-corrected chi connectivity index (χ2v) is 5.48. The van der Waals surface area contributed by atoms with E-state index in [1.807, 2.05) is 0 Å². The first kappa shape index (κ1) is 12.5. The molecule has 0 aliphatic carbocycles. The highest BCUT2D eigenvalue weighted by Gasteiger charge is 2.25. The first-order chi connectivity index (χ1) is 7.97. The predicted octanol–water partition coefficient (Wildman–Crippen LogP) is 3.13. The van der Waals surface area contributed by atoms with Crippen molar-refractivity contribution < 1.29 is 14.7 Å². The SMILES string of the molecule is O=C1NC(=O)C(=Cc2cc(Cl)cc(Br)c2O)S1. The van der Waals surface area contributed by atoms with Crippen molar-refractivity contribution in [3.05, 3.63) is 32.1 Å². The van der Waals surface area contributed by atoms with Gasteiger partial charge in [-0.05, 0) is 45.9 Å². The van der Waals surface area contributed by atoms with Crippen molar-refractivity contribution in [3.8, 4) is 5.75 Å². The van der Waals surface area contributed by atoms with E-state index in [0.717, 1.165) is 11.8 Å². The topological polar surface area (TPSA) is 66.4 Å². The summed E-state index contributed by atoms with van der Waals surface area (Å²) in [5.41, 5.74) is 0.372. The minimum absolute atomic E-state index is 0.0327. The van der Waals surface area contributed by atoms with Gasteiger partial charge in [0, 0.05) is 10.6 Å². The van der Waals surface area contributed by atoms with Gasteiger partial charge in [0.25, 0.3) is 11.1 Å². The largest absolute Gasteiger partial charge is 0.506 e. The van der Waals surface area contributed by atoms with Crippen molar-refractivity contribution in [1.29, 1.82) is 0 Å². The van der Waals surface area contributed by atoms with Gasteiger partial charge in [-0.2, -0.15) is 0 Å². The zero-order valence-electron chi connectivity index (χ0n) is 8.16. The smallest absolute Gasteiger partial charge is 0.290 e. The molecule has 88 valence electrons. The normalized spacial score (nSPS) is 17.6. The molecule has 17 heavy (non-hydrogen) atoms. The molecule has 2 rings (SSSR count). The van der Waals surface area contributed by atoms with Crippen molar-refractivity contribution >= 4 is 56.5 Å². The third-order valence-corrected chi connectivity index (χ3v) is 3.62. The number of imide groups is 1. The van der Waals surface area contributed by atoms with E-state index in [9.17, 15) is 14.7 Å². The number of nitrogens with one attached hydrogen (secondary N) is 1. The van der Waals surface area contributed by atoms with Crippen LogP contribution in [-0.4, -0.2) is 16.3 Å². The van der Waals surface area contributed by atoms with Gasteiger partial charge in [-0.1, -0.05) is 11.6 Å². The number of phenolic OH excluding ortho intramolecular Hbond substituents is 1. The highest BCUT2D eigenvalue weighted by molar-refractivity contribution is 9.10. The Balaban J connectivity index is 2.46. The molecule has 0 saturated carbocycles. The van der Waals surface area contributed by atoms with E-state index in [4.69, 9.17) is 11.6 Å². The summed E-state index contributed by atoms with van der Waals surface area (Å²) in [4.78, 5) is 22.5. The van der Waals surface area contributed by atoms with Crippen LogP contribution >= 0.6 is 39.3 Å². The van der Waals surface area contributed by atoms with Gasteiger partial charge >= 0.3 is 0 Å². The van der Waals surface area contributed by atoms with E-state index in [-0.39, 0.29) is 10.7 Å². The summed E-state index contributed by atoms with van der Waals surface area (Å²) >= 11 is 9.74. The summed E-state index contributed by atoms with van der Waals surface area (Å²) in [6.45, 7) is 0. The van der Waals surface area contributed by atoms with Gasteiger partial charge in [0.2, 0.25) is 0 Å². The number of hydrogen-bond acceptors (Lipinski definition) is 4. The van der Waals surface area contributed by atoms with Crippen LogP contribution in [0.1, 0.15) is 5.56 Å². The van der Waals surface area contributed by atoms with E-state index in [0.29, 0.717) is 15.1 Å². The highest BCUT2D eigenvalue weighted by Crippen LogP contribution is 2.35. The Morgan fingerprint density at radius 3 is 2.71 bits per heavy atom. The van der Waals surface area contributed by atoms with Crippen LogP contribution in [0.5, 0.6) is 5.75 Å². The minimum atomic E-state index is -0.476. The number of rotatable bonds is 1. The molecule has 1 heterocycles. The van der Waals surface area contributed by atoms with Crippen LogP contribution in [0.25, 0.3) is 6.08 Å². The van der Waals surface area contributed by atoms with E-state index >= 15 is 0 Å². The number of aromatic hydroxyl groups is 1. The van der Waals surface area contributed by atoms with Crippen LogP contribution < -0.4 is 5.32 Å². The summed E-state index contributed by atoms with van der Waals surface area (Å²) < 4.78 is 0.423. The Hall–Kier alpha value is -0.980. The lowest BCUT2D eigenvalue weighted by Gasteiger charge is -2.03. The second-order valence-electron chi connectivity index (χ2n) is 3.18. The predicted molar refractivity (Wildman–Crippen MR) is 69.9 cm³/mol. The molecular formula is C10H5BrClNO3S. The molecule has 1 aromatic rings. The van der Waals surface area contributed by atoms with Crippen LogP contribution in [0.2, 0.25) is 5.02 Å². The third-order valence-electron chi connectivity index (χ3n) is 1.99. The van der Waals surface area contributed by atoms with Crippen LogP contribution in [0, 0.1) is 0 Å². The number of thioether (sulfide) groups is 1. The molecule has 7 heteroatoms. The summed E-state index contributed by atoms with van der Waals surface area (Å²) in [6.07, 6.45) is 1.41. The average molecular weight is 335 g/mol. The molecule has 4 nitrogen and oxygen atoms in total. The van der Waals surface area contributed by atoms with E-state index in [2.05, 4.69) is 21.2 Å². The Bertz CT molecular complexity index is 559. The molecular weight excluding hydrogens is 330 g/mol. The minimum Gasteiger partial charge on any atom is -0.506 e. The quantitative estimate of drug-likeness (QED) is 0.774. The molecule has 0 radical (unpaired) electrons. The number of benzene rings is 1. The first-order valence-electron chi connectivity index (χ1n) is 4.40. The molecule has 0 atom stereocenters. The van der Waals surface area contributed by atoms with Crippen LogP contribution in [0.3, 0.4) is 0 Å². The second kappa shape index (κ2) is 4.72. The number of hydrogen-bond donors (Lipinski definition) is 2. The van der Waals surface area contributed by atoms with E-state index in [1.165, 1.54) is 18.2 Å². The molecule has 0 bridgehead atoms. The molecule has 1 aromatic carbocycles. The Labute approximate surface area is 114 Å². The maximum Gasteiger partial charge on any atom is 0.290 e. The maximum atomic E-state index is 11.3. The lowest BCUT2D eigenvalue weighted by Crippen LogP contribution is -2.17. The fourth-order valence-electron chi connectivity index (χ4n) is 1.26. The van der Waals surface area contributed by atoms with Crippen molar-refractivity contribution in [2.24, 2.45) is 0 Å². The van der Waals surface area contributed by atoms with Gasteiger partial charge in [0.1, 0.15) is 5.75 Å². The molecule has 0 unspecified atom stereocenters. The van der Waals surface area contributed by atoms with E-state index < -0.39 is 11.1 Å². The van der Waals surface area contributed by atoms with Crippen LogP contribution in [0.15, 0.2) is 21.5 Å². The van der Waals surface area contributed by atoms with Crippen molar-refractivity contribution in [2.45, 2.75) is 0 Å². The number of carbonyl (C=O) groups is 2. The molecule has 1 aliphatic heterocycles. The number of carbonyl (C=O) groups excluding carboxylic acids is 2. The molecule has 1 fully saturated rings. The van der Waals surface area contributed by atoms with Gasteiger partial charge in [-0.3, -0.25) is 14.9 Å². The lowest BCUT2D eigenvalue weighted by molar-refractivity contribution is -0.115. The molecule has 0 spiro atoms. The number of amides is 2. The summed E-state index contributed by atoms with van der Waals surface area (Å²) in [5.74, 6) is -0.509. The number of halogens is 2. The summed E-state index contributed by atoms with van der Waals surface area (Å²) in [7, 11) is 0. The fourth-order valence-corrected chi connectivity index (χ4v) is 2.77. The van der Waals surface area contributed by atoms with Crippen molar-refractivity contribution in [2.75, 3.05) is 0 Å². The van der Waals surface area contributed by atoms with Gasteiger partial charge in [-0.15, -0.1) is 0 Å². The molecule has 0 aromatic heterocycles. The molecule has 1 saturated heterocycles. The Kier molecular flexibility index (Phi) is 3.46. The molecule has 1 aliphatic rings. The zero-order valence-corrected chi connectivity index (χ0v) is 11.3. The van der Waals surface area contributed by atoms with Crippen molar-refractivity contribution in [3.63, 3.8) is 0 Å². The number of phenols is 1. The van der Waals surface area contributed by atoms with Gasteiger partial charge in [0.15, 0.2) is 0 Å². The first-order valence-corrected chi connectivity index (χ1v) is 6.39. The molecule has 2 amide bonds. The lowest BCUT2D eigenvalue weighted by atomic mass is 10.2. The third kappa shape index (κ3) is 2.65. The summed E-state index contributed by atoms with van der Waals surface area (Å²) in [5, 5.41) is 11.9. The fraction of sp³-hybridized carbons (Fsp3) is 0. The average Bonchev–Trinajstić information content (AvgIpc) is 2.53. The summed E-state index contributed by atoms with van der Waals surface area (Å²) in [6, 6.07) is 3.04. The van der Waals surface area contributed by atoms with Crippen LogP contribution in [-0.2, 0) is 4.79 Å².